The summed E-state index contributed by atoms with van der Waals surface area (Å²) in [6.45, 7) is 7.70. The minimum Gasteiger partial charge on any atom is -0.314 e. The number of nitrogens with zero attached hydrogens (tertiary/aromatic N) is 1. The number of hydrogen-bond acceptors (Lipinski definition) is 4. The van der Waals surface area contributed by atoms with Gasteiger partial charge in [0.2, 0.25) is 0 Å². The molecule has 0 fully saturated rings. The van der Waals surface area contributed by atoms with E-state index in [2.05, 4.69) is 36.5 Å². The highest BCUT2D eigenvalue weighted by molar-refractivity contribution is 8.00. The lowest BCUT2D eigenvalue weighted by atomic mass is 10.1. The van der Waals surface area contributed by atoms with E-state index in [0.29, 0.717) is 6.04 Å². The van der Waals surface area contributed by atoms with Crippen LogP contribution in [0.25, 0.3) is 0 Å². The van der Waals surface area contributed by atoms with Crippen LogP contribution in [-0.2, 0) is 0 Å². The fourth-order valence-electron chi connectivity index (χ4n) is 1.69. The average molecular weight is 272 g/mol. The van der Waals surface area contributed by atoms with E-state index in [-0.39, 0.29) is 0 Å². The van der Waals surface area contributed by atoms with Crippen molar-refractivity contribution in [3.05, 3.63) is 11.1 Å². The van der Waals surface area contributed by atoms with Crippen LogP contribution in [0.1, 0.15) is 45.2 Å². The third-order valence-electron chi connectivity index (χ3n) is 2.70. The Morgan fingerprint density at radius 1 is 1.47 bits per heavy atom. The molecule has 1 aromatic rings. The van der Waals surface area contributed by atoms with Gasteiger partial charge in [0.05, 0.1) is 0 Å². The number of thiazole rings is 1. The quantitative estimate of drug-likeness (QED) is 0.541. The Balaban J connectivity index is 2.09. The summed E-state index contributed by atoms with van der Waals surface area (Å²) in [6.07, 6.45) is 5.02. The van der Waals surface area contributed by atoms with Crippen molar-refractivity contribution in [3.63, 3.8) is 0 Å². The van der Waals surface area contributed by atoms with Crippen molar-refractivity contribution in [2.75, 3.05) is 12.3 Å². The van der Waals surface area contributed by atoms with Crippen LogP contribution in [0.5, 0.6) is 0 Å². The van der Waals surface area contributed by atoms with Gasteiger partial charge >= 0.3 is 0 Å². The number of thioether (sulfide) groups is 1. The van der Waals surface area contributed by atoms with Gasteiger partial charge in [0.25, 0.3) is 0 Å². The first-order chi connectivity index (χ1) is 8.26. The summed E-state index contributed by atoms with van der Waals surface area (Å²) in [6, 6.07) is 0.702. The van der Waals surface area contributed by atoms with Crippen molar-refractivity contribution in [1.29, 1.82) is 0 Å². The van der Waals surface area contributed by atoms with Gasteiger partial charge in [-0.05, 0) is 39.2 Å². The maximum absolute atomic E-state index is 4.46. The summed E-state index contributed by atoms with van der Waals surface area (Å²) in [7, 11) is 0. The van der Waals surface area contributed by atoms with Crippen molar-refractivity contribution >= 4 is 23.1 Å². The van der Waals surface area contributed by atoms with E-state index < -0.39 is 0 Å². The van der Waals surface area contributed by atoms with Gasteiger partial charge in [-0.3, -0.25) is 0 Å². The highest BCUT2D eigenvalue weighted by Gasteiger charge is 2.05. The third kappa shape index (κ3) is 6.43. The summed E-state index contributed by atoms with van der Waals surface area (Å²) in [5.41, 5.74) is 1.15. The Labute approximate surface area is 114 Å². The van der Waals surface area contributed by atoms with Crippen LogP contribution < -0.4 is 5.32 Å². The van der Waals surface area contributed by atoms with Gasteiger partial charge < -0.3 is 5.32 Å². The highest BCUT2D eigenvalue weighted by Crippen LogP contribution is 2.23. The minimum absolute atomic E-state index is 0.702. The van der Waals surface area contributed by atoms with Crippen molar-refractivity contribution in [2.24, 2.45) is 0 Å². The van der Waals surface area contributed by atoms with E-state index in [4.69, 9.17) is 0 Å². The van der Waals surface area contributed by atoms with E-state index in [0.717, 1.165) is 12.2 Å². The molecule has 0 spiro atoms. The SMILES string of the molecule is CCCNC(CC)CCCSc1nc(C)cs1. The van der Waals surface area contributed by atoms with Crippen LogP contribution >= 0.6 is 23.1 Å². The Kier molecular flexibility index (Phi) is 7.90. The van der Waals surface area contributed by atoms with Gasteiger partial charge in [-0.15, -0.1) is 11.3 Å². The zero-order chi connectivity index (χ0) is 12.5. The Hall–Kier alpha value is -0.0600. The number of aryl methyl sites for hydroxylation is 1. The number of nitrogens with one attached hydrogen (secondary N) is 1. The molecule has 0 bridgehead atoms. The van der Waals surface area contributed by atoms with Crippen LogP contribution in [0.3, 0.4) is 0 Å². The van der Waals surface area contributed by atoms with Crippen LogP contribution in [0.4, 0.5) is 0 Å². The monoisotopic (exact) mass is 272 g/mol. The molecule has 0 aromatic carbocycles. The number of rotatable bonds is 9. The zero-order valence-corrected chi connectivity index (χ0v) is 12.8. The van der Waals surface area contributed by atoms with Gasteiger partial charge in [0, 0.05) is 22.9 Å². The van der Waals surface area contributed by atoms with E-state index in [1.807, 2.05) is 11.8 Å². The topological polar surface area (TPSA) is 24.9 Å². The zero-order valence-electron chi connectivity index (χ0n) is 11.2. The van der Waals surface area contributed by atoms with Crippen molar-refractivity contribution in [1.82, 2.24) is 10.3 Å². The van der Waals surface area contributed by atoms with E-state index >= 15 is 0 Å². The highest BCUT2D eigenvalue weighted by atomic mass is 32.2. The standard InChI is InChI=1S/C13H24N2S2/c1-4-8-14-12(5-2)7-6-9-16-13-15-11(3)10-17-13/h10,12,14H,4-9H2,1-3H3. The molecule has 1 atom stereocenters. The number of aromatic nitrogens is 1. The molecule has 2 nitrogen and oxygen atoms in total. The predicted molar refractivity (Wildman–Crippen MR) is 79.2 cm³/mol. The number of hydrogen-bond donors (Lipinski definition) is 1. The van der Waals surface area contributed by atoms with Gasteiger partial charge in [-0.25, -0.2) is 4.98 Å². The van der Waals surface area contributed by atoms with E-state index in [9.17, 15) is 0 Å². The smallest absolute Gasteiger partial charge is 0.150 e. The minimum atomic E-state index is 0.702. The molecule has 0 aliphatic heterocycles. The molecule has 1 N–H and O–H groups in total. The Morgan fingerprint density at radius 2 is 2.29 bits per heavy atom. The third-order valence-corrected chi connectivity index (χ3v) is 4.92. The average Bonchev–Trinajstić information content (AvgIpc) is 2.74. The molecule has 1 aromatic heterocycles. The summed E-state index contributed by atoms with van der Waals surface area (Å²) >= 11 is 3.66. The second-order valence-electron chi connectivity index (χ2n) is 4.30. The first kappa shape index (κ1) is 15.0. The van der Waals surface area contributed by atoms with Gasteiger partial charge in [-0.2, -0.15) is 0 Å². The summed E-state index contributed by atoms with van der Waals surface area (Å²) < 4.78 is 1.22. The van der Waals surface area contributed by atoms with Gasteiger partial charge in [0.15, 0.2) is 0 Å². The molecule has 0 aliphatic rings. The van der Waals surface area contributed by atoms with Crippen LogP contribution in [-0.4, -0.2) is 23.3 Å². The molecule has 1 unspecified atom stereocenters. The maximum Gasteiger partial charge on any atom is 0.150 e. The first-order valence-electron chi connectivity index (χ1n) is 6.54. The van der Waals surface area contributed by atoms with E-state index in [1.54, 1.807) is 11.3 Å². The predicted octanol–water partition coefficient (Wildman–Crippen LogP) is 4.10. The van der Waals surface area contributed by atoms with Crippen LogP contribution in [0.15, 0.2) is 9.72 Å². The molecule has 4 heteroatoms. The molecule has 0 saturated heterocycles. The first-order valence-corrected chi connectivity index (χ1v) is 8.41. The normalized spacial score (nSPS) is 12.9. The summed E-state index contributed by atoms with van der Waals surface area (Å²) in [5.74, 6) is 1.19. The summed E-state index contributed by atoms with van der Waals surface area (Å²) in [4.78, 5) is 4.46. The lowest BCUT2D eigenvalue weighted by molar-refractivity contribution is 0.465. The molecule has 0 aliphatic carbocycles. The molecule has 0 saturated carbocycles. The molecule has 1 heterocycles. The second kappa shape index (κ2) is 8.95. The lowest BCUT2D eigenvalue weighted by Gasteiger charge is -2.15. The fourth-order valence-corrected chi connectivity index (χ4v) is 3.57. The van der Waals surface area contributed by atoms with Crippen molar-refractivity contribution in [2.45, 2.75) is 56.8 Å². The fraction of sp³-hybridized carbons (Fsp3) is 0.769. The molecular formula is C13H24N2S2. The Morgan fingerprint density at radius 3 is 2.88 bits per heavy atom. The molecular weight excluding hydrogens is 248 g/mol. The van der Waals surface area contributed by atoms with Gasteiger partial charge in [-0.1, -0.05) is 25.6 Å². The molecule has 98 valence electrons. The van der Waals surface area contributed by atoms with Crippen molar-refractivity contribution < 1.29 is 0 Å². The molecule has 0 amide bonds. The lowest BCUT2D eigenvalue weighted by Crippen LogP contribution is -2.29. The maximum atomic E-state index is 4.46. The van der Waals surface area contributed by atoms with Crippen molar-refractivity contribution in [3.8, 4) is 0 Å². The van der Waals surface area contributed by atoms with E-state index in [1.165, 1.54) is 35.8 Å². The molecule has 0 radical (unpaired) electrons. The molecule has 17 heavy (non-hydrogen) atoms. The Bertz CT molecular complexity index is 299. The van der Waals surface area contributed by atoms with Gasteiger partial charge in [0.1, 0.15) is 4.34 Å². The van der Waals surface area contributed by atoms with Crippen LogP contribution in [0, 0.1) is 6.92 Å². The van der Waals surface area contributed by atoms with Crippen LogP contribution in [0.2, 0.25) is 0 Å². The second-order valence-corrected chi connectivity index (χ2v) is 6.50. The summed E-state index contributed by atoms with van der Waals surface area (Å²) in [5, 5.41) is 5.72. The molecule has 1 rings (SSSR count). The largest absolute Gasteiger partial charge is 0.314 e.